The number of benzene rings is 1. The summed E-state index contributed by atoms with van der Waals surface area (Å²) < 4.78 is 43.5. The average molecular weight is 392 g/mol. The van der Waals surface area contributed by atoms with Gasteiger partial charge in [0.05, 0.1) is 5.69 Å². The molecule has 1 aliphatic carbocycles. The Morgan fingerprint density at radius 3 is 2.57 bits per heavy atom. The van der Waals surface area contributed by atoms with E-state index in [2.05, 4.69) is 32.4 Å². The number of fused-ring (bicyclic) bond motifs is 1. The van der Waals surface area contributed by atoms with Crippen LogP contribution in [0.5, 0.6) is 0 Å². The maximum absolute atomic E-state index is 14.5. The summed E-state index contributed by atoms with van der Waals surface area (Å²) in [7, 11) is 0. The first kappa shape index (κ1) is 19.6. The normalized spacial score (nSPS) is 17.3. The van der Waals surface area contributed by atoms with Crippen LogP contribution in [0.3, 0.4) is 0 Å². The molecular weight excluding hydrogens is 376 g/mol. The Morgan fingerprint density at radius 2 is 1.93 bits per heavy atom. The molecule has 2 aliphatic rings. The quantitative estimate of drug-likeness (QED) is 0.600. The summed E-state index contributed by atoms with van der Waals surface area (Å²) >= 11 is 0. The van der Waals surface area contributed by atoms with Crippen LogP contribution in [-0.4, -0.2) is 22.7 Å². The Morgan fingerprint density at radius 1 is 1.18 bits per heavy atom. The van der Waals surface area contributed by atoms with E-state index in [0.29, 0.717) is 34.8 Å². The Kier molecular flexibility index (Phi) is 6.09. The Labute approximate surface area is 158 Å². The van der Waals surface area contributed by atoms with Crippen LogP contribution in [0.1, 0.15) is 35.7 Å². The lowest BCUT2D eigenvalue weighted by Crippen LogP contribution is -2.37. The highest BCUT2D eigenvalue weighted by Gasteiger charge is 2.26. The van der Waals surface area contributed by atoms with Crippen LogP contribution in [0.2, 0.25) is 0 Å². The summed E-state index contributed by atoms with van der Waals surface area (Å²) in [4.78, 5) is 20.0. The number of hydrogen-bond acceptors (Lipinski definition) is 3. The number of carbonyl (C=O) groups is 1. The number of nitrogens with zero attached hydrogens (tertiary/aromatic N) is 2. The zero-order valence-electron chi connectivity index (χ0n) is 14.6. The van der Waals surface area contributed by atoms with Gasteiger partial charge in [0.15, 0.2) is 0 Å². The van der Waals surface area contributed by atoms with Gasteiger partial charge in [0.2, 0.25) is 0 Å². The molecule has 1 atom stereocenters. The number of rotatable bonds is 2. The molecule has 1 aliphatic heterocycles. The molecule has 2 heterocycles. The Hall–Kier alpha value is -3.15. The highest BCUT2D eigenvalue weighted by molar-refractivity contribution is 5.93. The van der Waals surface area contributed by atoms with Gasteiger partial charge in [-0.2, -0.15) is 13.2 Å². The van der Waals surface area contributed by atoms with Crippen molar-refractivity contribution in [3.05, 3.63) is 53.4 Å². The highest BCUT2D eigenvalue weighted by Crippen LogP contribution is 2.32. The van der Waals surface area contributed by atoms with Gasteiger partial charge in [-0.05, 0) is 30.5 Å². The van der Waals surface area contributed by atoms with Crippen molar-refractivity contribution >= 4 is 11.7 Å². The lowest BCUT2D eigenvalue weighted by Gasteiger charge is -2.24. The van der Waals surface area contributed by atoms with Crippen molar-refractivity contribution in [2.75, 3.05) is 5.32 Å². The highest BCUT2D eigenvalue weighted by atomic mass is 19.4. The third kappa shape index (κ3) is 5.42. The number of nitrogens with one attached hydrogen (secondary N) is 2. The topological polar surface area (TPSA) is 66.9 Å². The number of anilines is 1. The smallest absolute Gasteiger partial charge is 0.320 e. The number of hydrogen-bond donors (Lipinski definition) is 2. The number of urea groups is 1. The van der Waals surface area contributed by atoms with Crippen LogP contribution in [0.25, 0.3) is 0 Å². The molecular formula is C19H16F4N4O. The molecule has 4 rings (SSSR count). The van der Waals surface area contributed by atoms with Crippen LogP contribution in [-0.2, 0) is 6.42 Å². The molecule has 2 amide bonds. The molecule has 2 N–H and O–H groups in total. The molecule has 1 saturated carbocycles. The minimum absolute atomic E-state index is 0.314. The molecule has 0 unspecified atom stereocenters. The third-order valence-corrected chi connectivity index (χ3v) is 4.05. The SMILES string of the molecule is FC(F)F.O=C1Nc2cc(Cc3cnccn3)c(F)cc2[C@H](C#CC2CC2)N1. The van der Waals surface area contributed by atoms with Crippen LogP contribution in [0.15, 0.2) is 30.7 Å². The number of aromatic nitrogens is 2. The van der Waals surface area contributed by atoms with Crippen molar-refractivity contribution in [2.24, 2.45) is 5.92 Å². The molecule has 146 valence electrons. The lowest BCUT2D eigenvalue weighted by molar-refractivity contribution is 0.00819. The van der Waals surface area contributed by atoms with Gasteiger partial charge >= 0.3 is 12.7 Å². The van der Waals surface area contributed by atoms with E-state index in [1.807, 2.05) is 0 Å². The minimum atomic E-state index is -3.67. The van der Waals surface area contributed by atoms with Crippen molar-refractivity contribution in [1.29, 1.82) is 0 Å². The van der Waals surface area contributed by atoms with Crippen molar-refractivity contribution in [3.8, 4) is 11.8 Å². The van der Waals surface area contributed by atoms with Crippen molar-refractivity contribution < 1.29 is 22.4 Å². The van der Waals surface area contributed by atoms with E-state index in [4.69, 9.17) is 0 Å². The predicted octanol–water partition coefficient (Wildman–Crippen LogP) is 3.97. The number of carbonyl (C=O) groups excluding carboxylic acids is 1. The molecule has 0 spiro atoms. The molecule has 1 aromatic heterocycles. The van der Waals surface area contributed by atoms with Gasteiger partial charge in [-0.1, -0.05) is 11.8 Å². The van der Waals surface area contributed by atoms with Crippen molar-refractivity contribution in [2.45, 2.75) is 32.0 Å². The summed E-state index contributed by atoms with van der Waals surface area (Å²) in [5, 5.41) is 5.47. The van der Waals surface area contributed by atoms with E-state index in [-0.39, 0.29) is 11.8 Å². The van der Waals surface area contributed by atoms with E-state index >= 15 is 0 Å². The zero-order chi connectivity index (χ0) is 20.1. The molecule has 5 nitrogen and oxygen atoms in total. The fraction of sp³-hybridized carbons (Fsp3) is 0.316. The van der Waals surface area contributed by atoms with E-state index in [9.17, 15) is 22.4 Å². The van der Waals surface area contributed by atoms with E-state index in [0.717, 1.165) is 12.8 Å². The first-order chi connectivity index (χ1) is 13.4. The molecule has 0 bridgehead atoms. The van der Waals surface area contributed by atoms with E-state index in [1.165, 1.54) is 6.07 Å². The van der Waals surface area contributed by atoms with Gasteiger partial charge in [0.1, 0.15) is 11.9 Å². The first-order valence-electron chi connectivity index (χ1n) is 8.50. The Bertz CT molecular complexity index is 905. The monoisotopic (exact) mass is 392 g/mol. The largest absolute Gasteiger partial charge is 0.379 e. The number of alkyl halides is 3. The summed E-state index contributed by atoms with van der Waals surface area (Å²) in [5.41, 5.74) is 2.38. The van der Waals surface area contributed by atoms with Crippen molar-refractivity contribution in [3.63, 3.8) is 0 Å². The summed E-state index contributed by atoms with van der Waals surface area (Å²) in [6.45, 7) is -3.67. The molecule has 28 heavy (non-hydrogen) atoms. The molecule has 2 aromatic rings. The molecule has 9 heteroatoms. The van der Waals surface area contributed by atoms with Gasteiger partial charge in [0, 0.05) is 42.2 Å². The second-order valence-corrected chi connectivity index (χ2v) is 6.25. The fourth-order valence-corrected chi connectivity index (χ4v) is 2.64. The molecule has 0 radical (unpaired) electrons. The maximum Gasteiger partial charge on any atom is 0.379 e. The molecule has 1 fully saturated rings. The predicted molar refractivity (Wildman–Crippen MR) is 93.7 cm³/mol. The van der Waals surface area contributed by atoms with Gasteiger partial charge in [-0.15, -0.1) is 0 Å². The minimum Gasteiger partial charge on any atom is -0.320 e. The van der Waals surface area contributed by atoms with Crippen LogP contribution in [0.4, 0.5) is 28.0 Å². The van der Waals surface area contributed by atoms with Crippen molar-refractivity contribution in [1.82, 2.24) is 15.3 Å². The lowest BCUT2D eigenvalue weighted by atomic mass is 9.98. The fourth-order valence-electron chi connectivity index (χ4n) is 2.64. The van der Waals surface area contributed by atoms with E-state index < -0.39 is 12.7 Å². The number of halogens is 4. The molecule has 0 saturated heterocycles. The van der Waals surface area contributed by atoms with Gasteiger partial charge < -0.3 is 10.6 Å². The second kappa shape index (κ2) is 8.69. The van der Waals surface area contributed by atoms with Gasteiger partial charge in [-0.25, -0.2) is 9.18 Å². The summed E-state index contributed by atoms with van der Waals surface area (Å²) in [5.74, 6) is 6.26. The first-order valence-corrected chi connectivity index (χ1v) is 8.50. The third-order valence-electron chi connectivity index (χ3n) is 4.05. The van der Waals surface area contributed by atoms with Crippen LogP contribution >= 0.6 is 0 Å². The maximum atomic E-state index is 14.5. The van der Waals surface area contributed by atoms with Crippen LogP contribution < -0.4 is 10.6 Å². The Balaban J connectivity index is 0.000000516. The van der Waals surface area contributed by atoms with Gasteiger partial charge in [0.25, 0.3) is 0 Å². The zero-order valence-corrected chi connectivity index (χ0v) is 14.6. The summed E-state index contributed by atoms with van der Waals surface area (Å²) in [6, 6.07) is 2.30. The average Bonchev–Trinajstić information content (AvgIpc) is 3.46. The van der Waals surface area contributed by atoms with Gasteiger partial charge in [-0.3, -0.25) is 9.97 Å². The second-order valence-electron chi connectivity index (χ2n) is 6.25. The number of amides is 2. The molecule has 1 aromatic carbocycles. The van der Waals surface area contributed by atoms with Crippen LogP contribution in [0, 0.1) is 23.6 Å². The standard InChI is InChI=1S/C18H15FN4O.CHF3/c19-15-9-14-16(4-3-11-1-2-11)22-18(24)23-17(14)8-12(15)7-13-10-20-5-6-21-13;2-1(3)4/h5-6,8-11,16H,1-2,7H2,(H2,22,23,24);1H/t16-;/m0./s1. The summed E-state index contributed by atoms with van der Waals surface area (Å²) in [6.07, 6.45) is 7.26. The van der Waals surface area contributed by atoms with E-state index in [1.54, 1.807) is 24.7 Å².